The van der Waals surface area contributed by atoms with Crippen LogP contribution in [-0.4, -0.2) is 74.9 Å². The zero-order chi connectivity index (χ0) is 32.9. The number of hydrogen-bond donors (Lipinski definition) is 1. The maximum Gasteiger partial charge on any atom is 0.337 e. The van der Waals surface area contributed by atoms with Crippen LogP contribution in [0, 0.1) is 25.5 Å². The minimum atomic E-state index is -1.45. The lowest BCUT2D eigenvalue weighted by molar-refractivity contribution is -0.160. The van der Waals surface area contributed by atoms with Gasteiger partial charge in [-0.25, -0.2) is 23.1 Å². The van der Waals surface area contributed by atoms with Crippen molar-refractivity contribution in [2.75, 3.05) is 37.7 Å². The molecule has 4 aromatic rings. The SMILES string of the molecule is Cc1nc2cc(C(=O)N3CCN(c4ccc(F)cc4)CC3)nn2c(-c2cc(F)c3c(c2C)CCCO3)c1[C@H](OC(C)(C)C)C(=O)O. The third kappa shape index (κ3) is 5.89. The number of carboxylic acid groups (broad SMARTS) is 1. The van der Waals surface area contributed by atoms with Crippen molar-refractivity contribution in [1.29, 1.82) is 0 Å². The molecule has 0 unspecified atom stereocenters. The van der Waals surface area contributed by atoms with Gasteiger partial charge in [-0.15, -0.1) is 0 Å². The summed E-state index contributed by atoms with van der Waals surface area (Å²) in [5, 5.41) is 15.1. The van der Waals surface area contributed by atoms with E-state index in [9.17, 15) is 19.1 Å². The van der Waals surface area contributed by atoms with Gasteiger partial charge in [0.15, 0.2) is 29.0 Å². The maximum atomic E-state index is 15.6. The molecule has 4 heterocycles. The molecule has 1 amide bonds. The number of anilines is 1. The van der Waals surface area contributed by atoms with Crippen molar-refractivity contribution in [3.63, 3.8) is 0 Å². The monoisotopic (exact) mass is 633 g/mol. The fourth-order valence-electron chi connectivity index (χ4n) is 6.28. The van der Waals surface area contributed by atoms with Crippen molar-refractivity contribution in [1.82, 2.24) is 19.5 Å². The number of ether oxygens (including phenoxy) is 2. The number of piperazine rings is 1. The van der Waals surface area contributed by atoms with Crippen LogP contribution in [0.2, 0.25) is 0 Å². The number of carbonyl (C=O) groups is 2. The minimum absolute atomic E-state index is 0.128. The van der Waals surface area contributed by atoms with Crippen LogP contribution >= 0.6 is 0 Å². The molecule has 0 spiro atoms. The molecule has 1 fully saturated rings. The Bertz CT molecular complexity index is 1820. The average Bonchev–Trinajstić information content (AvgIpc) is 3.44. The first-order valence-corrected chi connectivity index (χ1v) is 15.4. The number of carboxylic acids is 1. The molecule has 2 aliphatic rings. The summed E-state index contributed by atoms with van der Waals surface area (Å²) >= 11 is 0. The molecule has 6 rings (SSSR count). The van der Waals surface area contributed by atoms with Crippen molar-refractivity contribution in [3.05, 3.63) is 76.1 Å². The summed E-state index contributed by atoms with van der Waals surface area (Å²) in [7, 11) is 0. The number of fused-ring (bicyclic) bond motifs is 2. The van der Waals surface area contributed by atoms with Gasteiger partial charge in [-0.2, -0.15) is 5.10 Å². The van der Waals surface area contributed by atoms with Crippen LogP contribution < -0.4 is 9.64 Å². The van der Waals surface area contributed by atoms with Gasteiger partial charge in [0.1, 0.15) is 5.82 Å². The first-order chi connectivity index (χ1) is 21.8. The predicted molar refractivity (Wildman–Crippen MR) is 167 cm³/mol. The number of halogens is 2. The standard InChI is InChI=1S/C34H37F2N5O5/c1-19-23-7-6-16-45-30(23)25(36)17-24(19)29-28(31(33(43)44)46-34(3,4)5)20(2)37-27-18-26(38-41(27)29)32(42)40-14-12-39(13-15-40)22-10-8-21(35)9-11-22/h8-11,17-18,31H,6-7,12-16H2,1-5H3,(H,43,44)/t31-/m0/s1. The highest BCUT2D eigenvalue weighted by Gasteiger charge is 2.35. The number of rotatable bonds is 6. The van der Waals surface area contributed by atoms with E-state index in [1.54, 1.807) is 50.8 Å². The second kappa shape index (κ2) is 12.0. The molecule has 12 heteroatoms. The highest BCUT2D eigenvalue weighted by Crippen LogP contribution is 2.41. The summed E-state index contributed by atoms with van der Waals surface area (Å²) < 4.78 is 42.2. The van der Waals surface area contributed by atoms with Crippen LogP contribution in [0.15, 0.2) is 36.4 Å². The van der Waals surface area contributed by atoms with E-state index in [0.29, 0.717) is 73.8 Å². The van der Waals surface area contributed by atoms with Gasteiger partial charge < -0.3 is 24.4 Å². The van der Waals surface area contributed by atoms with Crippen molar-refractivity contribution in [3.8, 4) is 17.0 Å². The summed E-state index contributed by atoms with van der Waals surface area (Å²) in [5.74, 6) is -2.21. The first kappa shape index (κ1) is 31.4. The van der Waals surface area contributed by atoms with Gasteiger partial charge in [0.05, 0.1) is 17.9 Å². The maximum absolute atomic E-state index is 15.6. The van der Waals surface area contributed by atoms with E-state index in [1.807, 2.05) is 6.92 Å². The second-order valence-corrected chi connectivity index (χ2v) is 12.8. The van der Waals surface area contributed by atoms with Crippen LogP contribution in [0.4, 0.5) is 14.5 Å². The number of aliphatic carboxylic acids is 1. The Labute approximate surface area is 265 Å². The topological polar surface area (TPSA) is 110 Å². The second-order valence-electron chi connectivity index (χ2n) is 12.8. The highest BCUT2D eigenvalue weighted by molar-refractivity contribution is 5.94. The van der Waals surface area contributed by atoms with Crippen molar-refractivity contribution < 1.29 is 33.0 Å². The lowest BCUT2D eigenvalue weighted by atomic mass is 9.91. The molecule has 10 nitrogen and oxygen atoms in total. The van der Waals surface area contributed by atoms with E-state index < -0.39 is 23.5 Å². The summed E-state index contributed by atoms with van der Waals surface area (Å²) in [5.41, 5.74) is 3.22. The molecule has 0 radical (unpaired) electrons. The Morgan fingerprint density at radius 3 is 2.39 bits per heavy atom. The van der Waals surface area contributed by atoms with E-state index in [1.165, 1.54) is 22.7 Å². The normalized spacial score (nSPS) is 15.9. The number of aryl methyl sites for hydroxylation is 1. The van der Waals surface area contributed by atoms with Gasteiger partial charge in [-0.1, -0.05) is 0 Å². The van der Waals surface area contributed by atoms with Crippen LogP contribution in [0.3, 0.4) is 0 Å². The summed E-state index contributed by atoms with van der Waals surface area (Å²) in [4.78, 5) is 35.0. The number of aromatic nitrogens is 3. The number of carbonyl (C=O) groups excluding carboxylic acids is 1. The molecule has 1 atom stereocenters. The lowest BCUT2D eigenvalue weighted by Gasteiger charge is -2.35. The lowest BCUT2D eigenvalue weighted by Crippen LogP contribution is -2.48. The fraction of sp³-hybridized carbons (Fsp3) is 0.412. The van der Waals surface area contributed by atoms with E-state index in [2.05, 4.69) is 15.0 Å². The predicted octanol–water partition coefficient (Wildman–Crippen LogP) is 5.52. The molecule has 2 aromatic heterocycles. The minimum Gasteiger partial charge on any atom is -0.490 e. The van der Waals surface area contributed by atoms with Gasteiger partial charge in [0.2, 0.25) is 0 Å². The molecule has 46 heavy (non-hydrogen) atoms. The molecule has 0 aliphatic carbocycles. The quantitative estimate of drug-likeness (QED) is 0.296. The highest BCUT2D eigenvalue weighted by atomic mass is 19.1. The van der Waals surface area contributed by atoms with E-state index in [0.717, 1.165) is 11.3 Å². The van der Waals surface area contributed by atoms with Crippen molar-refractivity contribution in [2.24, 2.45) is 0 Å². The fourth-order valence-corrected chi connectivity index (χ4v) is 6.28. The van der Waals surface area contributed by atoms with Gasteiger partial charge in [0.25, 0.3) is 5.91 Å². The molecular weight excluding hydrogens is 596 g/mol. The Morgan fingerprint density at radius 2 is 1.74 bits per heavy atom. The smallest absolute Gasteiger partial charge is 0.337 e. The molecule has 1 N–H and O–H groups in total. The number of nitrogens with zero attached hydrogens (tertiary/aromatic N) is 5. The Hall–Kier alpha value is -4.58. The zero-order valence-corrected chi connectivity index (χ0v) is 26.6. The van der Waals surface area contributed by atoms with E-state index >= 15 is 4.39 Å². The molecule has 1 saturated heterocycles. The molecule has 2 aromatic carbocycles. The van der Waals surface area contributed by atoms with E-state index in [-0.39, 0.29) is 28.7 Å². The summed E-state index contributed by atoms with van der Waals surface area (Å²) in [6.45, 7) is 11.2. The molecule has 242 valence electrons. The molecule has 0 bridgehead atoms. The van der Waals surface area contributed by atoms with Crippen LogP contribution in [0.25, 0.3) is 16.9 Å². The summed E-state index contributed by atoms with van der Waals surface area (Å²) in [6.07, 6.45) is -0.138. The van der Waals surface area contributed by atoms with E-state index in [4.69, 9.17) is 9.47 Å². The van der Waals surface area contributed by atoms with Crippen LogP contribution in [0.5, 0.6) is 5.75 Å². The third-order valence-electron chi connectivity index (χ3n) is 8.46. The molecule has 0 saturated carbocycles. The Balaban J connectivity index is 1.45. The summed E-state index contributed by atoms with van der Waals surface area (Å²) in [6, 6.07) is 9.17. The first-order valence-electron chi connectivity index (χ1n) is 15.4. The third-order valence-corrected chi connectivity index (χ3v) is 8.46. The number of hydrogen-bond acceptors (Lipinski definition) is 7. The Kier molecular flexibility index (Phi) is 8.18. The van der Waals surface area contributed by atoms with Gasteiger partial charge >= 0.3 is 5.97 Å². The van der Waals surface area contributed by atoms with Crippen LogP contribution in [0.1, 0.15) is 66.2 Å². The number of benzene rings is 2. The number of amides is 1. The van der Waals surface area contributed by atoms with Gasteiger partial charge in [0, 0.05) is 60.3 Å². The van der Waals surface area contributed by atoms with Gasteiger partial charge in [-0.05, 0) is 83.4 Å². The molecule has 2 aliphatic heterocycles. The molecular formula is C34H37F2N5O5. The largest absolute Gasteiger partial charge is 0.490 e. The van der Waals surface area contributed by atoms with Gasteiger partial charge in [-0.3, -0.25) is 4.79 Å². The van der Waals surface area contributed by atoms with Crippen molar-refractivity contribution >= 4 is 23.2 Å². The Morgan fingerprint density at radius 1 is 1.04 bits per heavy atom. The average molecular weight is 634 g/mol. The zero-order valence-electron chi connectivity index (χ0n) is 26.6. The van der Waals surface area contributed by atoms with Crippen LogP contribution in [-0.2, 0) is 16.0 Å². The van der Waals surface area contributed by atoms with Crippen molar-refractivity contribution in [2.45, 2.75) is 59.2 Å².